The second kappa shape index (κ2) is 5.44. The number of amides is 2. The molecule has 2 rings (SSSR count). The van der Waals surface area contributed by atoms with E-state index in [9.17, 15) is 9.59 Å². The first-order valence-electron chi connectivity index (χ1n) is 7.47. The Morgan fingerprint density at radius 3 is 2.29 bits per heavy atom. The van der Waals surface area contributed by atoms with Crippen molar-refractivity contribution in [1.29, 1.82) is 0 Å². The van der Waals surface area contributed by atoms with Crippen molar-refractivity contribution >= 4 is 23.2 Å². The molecule has 1 saturated heterocycles. The zero-order valence-electron chi connectivity index (χ0n) is 13.4. The summed E-state index contributed by atoms with van der Waals surface area (Å²) in [7, 11) is 0. The fraction of sp³-hybridized carbons (Fsp3) is 0.625. The van der Waals surface area contributed by atoms with Gasteiger partial charge in [0.25, 0.3) is 0 Å². The van der Waals surface area contributed by atoms with E-state index >= 15 is 0 Å². The van der Waals surface area contributed by atoms with Gasteiger partial charge >= 0.3 is 0 Å². The topological polar surface area (TPSA) is 49.4 Å². The van der Waals surface area contributed by atoms with Gasteiger partial charge in [0, 0.05) is 9.75 Å². The maximum absolute atomic E-state index is 12.8. The summed E-state index contributed by atoms with van der Waals surface area (Å²) in [5.41, 5.74) is -1.61. The highest BCUT2D eigenvalue weighted by Crippen LogP contribution is 2.31. The number of nitrogens with zero attached hydrogens (tertiary/aromatic N) is 1. The highest BCUT2D eigenvalue weighted by atomic mass is 32.1. The van der Waals surface area contributed by atoms with Crippen LogP contribution in [-0.4, -0.2) is 27.8 Å². The number of aryl methyl sites for hydroxylation is 1. The monoisotopic (exact) mass is 308 g/mol. The van der Waals surface area contributed by atoms with Gasteiger partial charge in [-0.2, -0.15) is 0 Å². The van der Waals surface area contributed by atoms with Gasteiger partial charge < -0.3 is 10.2 Å². The number of piperazine rings is 1. The van der Waals surface area contributed by atoms with Crippen molar-refractivity contribution in [3.05, 3.63) is 21.9 Å². The quantitative estimate of drug-likeness (QED) is 0.930. The van der Waals surface area contributed by atoms with Crippen molar-refractivity contribution in [3.63, 3.8) is 0 Å². The molecule has 0 aromatic carbocycles. The summed E-state index contributed by atoms with van der Waals surface area (Å²) in [6.07, 6.45) is 1.59. The fourth-order valence-corrected chi connectivity index (χ4v) is 3.44. The van der Waals surface area contributed by atoms with Gasteiger partial charge in [0.1, 0.15) is 11.1 Å². The molecule has 0 radical (unpaired) electrons. The Morgan fingerprint density at radius 1 is 1.14 bits per heavy atom. The molecule has 0 aliphatic carbocycles. The van der Waals surface area contributed by atoms with E-state index in [-0.39, 0.29) is 11.8 Å². The lowest BCUT2D eigenvalue weighted by atomic mass is 9.86. The van der Waals surface area contributed by atoms with Crippen molar-refractivity contribution < 1.29 is 9.59 Å². The molecule has 1 aromatic heterocycles. The second-order valence-electron chi connectivity index (χ2n) is 6.31. The molecule has 2 amide bonds. The van der Waals surface area contributed by atoms with Crippen LogP contribution < -0.4 is 5.32 Å². The average Bonchev–Trinajstić information content (AvgIpc) is 2.90. The number of nitrogens with one attached hydrogen (secondary N) is 1. The van der Waals surface area contributed by atoms with E-state index in [0.717, 1.165) is 11.3 Å². The molecule has 1 aliphatic heterocycles. The van der Waals surface area contributed by atoms with Gasteiger partial charge in [-0.3, -0.25) is 9.59 Å². The predicted octanol–water partition coefficient (Wildman–Crippen LogP) is 2.72. The summed E-state index contributed by atoms with van der Waals surface area (Å²) in [6.45, 7) is 9.97. The molecule has 1 N–H and O–H groups in total. The SMILES string of the molecule is CCc1ccc(CN2C(=O)C(C)(CC)NC(=O)C2(C)C)s1. The summed E-state index contributed by atoms with van der Waals surface area (Å²) in [5.74, 6) is -0.0835. The maximum Gasteiger partial charge on any atom is 0.249 e. The zero-order valence-corrected chi connectivity index (χ0v) is 14.3. The average molecular weight is 308 g/mol. The molecule has 116 valence electrons. The fourth-order valence-electron chi connectivity index (χ4n) is 2.49. The number of rotatable bonds is 4. The number of hydrogen-bond acceptors (Lipinski definition) is 3. The van der Waals surface area contributed by atoms with E-state index in [0.29, 0.717) is 13.0 Å². The van der Waals surface area contributed by atoms with Crippen LogP contribution in [0, 0.1) is 0 Å². The van der Waals surface area contributed by atoms with E-state index < -0.39 is 11.1 Å². The zero-order chi connectivity index (χ0) is 15.8. The molecule has 0 saturated carbocycles. The largest absolute Gasteiger partial charge is 0.340 e. The van der Waals surface area contributed by atoms with Crippen molar-refractivity contribution in [2.24, 2.45) is 0 Å². The van der Waals surface area contributed by atoms with Crippen molar-refractivity contribution in [1.82, 2.24) is 10.2 Å². The van der Waals surface area contributed by atoms with Gasteiger partial charge in [-0.15, -0.1) is 11.3 Å². The normalized spacial score (nSPS) is 25.1. The van der Waals surface area contributed by atoms with E-state index in [1.54, 1.807) is 23.2 Å². The summed E-state index contributed by atoms with van der Waals surface area (Å²) in [4.78, 5) is 29.4. The van der Waals surface area contributed by atoms with Crippen molar-refractivity contribution in [3.8, 4) is 0 Å². The standard InChI is InChI=1S/C16H24N2O2S/c1-6-11-8-9-12(21-11)10-18-14(20)16(5,7-2)17-13(19)15(18,3)4/h8-9H,6-7,10H2,1-5H3,(H,17,19). The Morgan fingerprint density at radius 2 is 1.76 bits per heavy atom. The molecule has 1 atom stereocenters. The highest BCUT2D eigenvalue weighted by Gasteiger charge is 2.51. The number of carbonyl (C=O) groups excluding carboxylic acids is 2. The number of thiophene rings is 1. The number of hydrogen-bond donors (Lipinski definition) is 1. The summed E-state index contributed by atoms with van der Waals surface area (Å²) in [6, 6.07) is 4.16. The molecule has 5 heteroatoms. The molecular weight excluding hydrogens is 284 g/mol. The molecule has 4 nitrogen and oxygen atoms in total. The minimum Gasteiger partial charge on any atom is -0.340 e. The first-order chi connectivity index (χ1) is 9.74. The summed E-state index contributed by atoms with van der Waals surface area (Å²) in [5, 5.41) is 2.89. The molecule has 0 spiro atoms. The maximum atomic E-state index is 12.8. The minimum absolute atomic E-state index is 0.000971. The molecule has 1 fully saturated rings. The van der Waals surface area contributed by atoms with Crippen LogP contribution in [0.1, 0.15) is 50.8 Å². The molecule has 2 heterocycles. The third-order valence-corrected chi connectivity index (χ3v) is 5.64. The Hall–Kier alpha value is -1.36. The molecular formula is C16H24N2O2S. The van der Waals surface area contributed by atoms with E-state index in [1.807, 2.05) is 20.8 Å². The van der Waals surface area contributed by atoms with E-state index in [1.165, 1.54) is 4.88 Å². The minimum atomic E-state index is -0.817. The molecule has 1 aromatic rings. The summed E-state index contributed by atoms with van der Waals surface area (Å²) < 4.78 is 0. The molecule has 1 aliphatic rings. The third kappa shape index (κ3) is 2.71. The first kappa shape index (κ1) is 16.0. The van der Waals surface area contributed by atoms with Gasteiger partial charge in [0.05, 0.1) is 6.54 Å². The van der Waals surface area contributed by atoms with Gasteiger partial charge in [0.15, 0.2) is 0 Å². The van der Waals surface area contributed by atoms with Gasteiger partial charge in [-0.05, 0) is 45.7 Å². The lowest BCUT2D eigenvalue weighted by Gasteiger charge is -2.48. The van der Waals surface area contributed by atoms with Gasteiger partial charge in [-0.25, -0.2) is 0 Å². The van der Waals surface area contributed by atoms with Crippen LogP contribution >= 0.6 is 11.3 Å². The highest BCUT2D eigenvalue weighted by molar-refractivity contribution is 7.11. The van der Waals surface area contributed by atoms with Gasteiger partial charge in [0.2, 0.25) is 11.8 Å². The lowest BCUT2D eigenvalue weighted by Crippen LogP contribution is -2.72. The van der Waals surface area contributed by atoms with Crippen LogP contribution in [0.15, 0.2) is 12.1 Å². The number of carbonyl (C=O) groups is 2. The smallest absolute Gasteiger partial charge is 0.249 e. The van der Waals surface area contributed by atoms with Crippen LogP contribution in [0.4, 0.5) is 0 Å². The lowest BCUT2D eigenvalue weighted by molar-refractivity contribution is -0.161. The molecule has 21 heavy (non-hydrogen) atoms. The Bertz CT molecular complexity index is 564. The second-order valence-corrected chi connectivity index (χ2v) is 7.56. The van der Waals surface area contributed by atoms with Crippen LogP contribution in [-0.2, 0) is 22.6 Å². The van der Waals surface area contributed by atoms with Crippen molar-refractivity contribution in [2.75, 3.05) is 0 Å². The van der Waals surface area contributed by atoms with Crippen LogP contribution in [0.5, 0.6) is 0 Å². The van der Waals surface area contributed by atoms with Gasteiger partial charge in [-0.1, -0.05) is 13.8 Å². The predicted molar refractivity (Wildman–Crippen MR) is 85.2 cm³/mol. The Balaban J connectivity index is 2.32. The summed E-state index contributed by atoms with van der Waals surface area (Å²) >= 11 is 1.71. The van der Waals surface area contributed by atoms with Crippen LogP contribution in [0.3, 0.4) is 0 Å². The van der Waals surface area contributed by atoms with E-state index in [4.69, 9.17) is 0 Å². The Labute approximate surface area is 130 Å². The third-order valence-electron chi connectivity index (χ3n) is 4.42. The van der Waals surface area contributed by atoms with Crippen LogP contribution in [0.25, 0.3) is 0 Å². The van der Waals surface area contributed by atoms with E-state index in [2.05, 4.69) is 24.4 Å². The molecule has 1 unspecified atom stereocenters. The van der Waals surface area contributed by atoms with Crippen LogP contribution in [0.2, 0.25) is 0 Å². The van der Waals surface area contributed by atoms with Crippen molar-refractivity contribution in [2.45, 2.75) is 65.1 Å². The first-order valence-corrected chi connectivity index (χ1v) is 8.28. The Kier molecular flexibility index (Phi) is 4.15. The molecule has 0 bridgehead atoms.